The molecule has 0 amide bonds. The molecule has 0 N–H and O–H groups in total. The summed E-state index contributed by atoms with van der Waals surface area (Å²) >= 11 is 0. The Bertz CT molecular complexity index is 3480. The van der Waals surface area contributed by atoms with E-state index in [0.29, 0.717) is 5.92 Å². The molecule has 2 bridgehead atoms. The lowest BCUT2D eigenvalue weighted by Crippen LogP contribution is -2.20. The lowest BCUT2D eigenvalue weighted by molar-refractivity contribution is 0.847. The zero-order valence-corrected chi connectivity index (χ0v) is 35.2. The van der Waals surface area contributed by atoms with Gasteiger partial charge in [0.05, 0.1) is 5.69 Å². The quantitative estimate of drug-likeness (QED) is 0.158. The summed E-state index contributed by atoms with van der Waals surface area (Å²) < 4.78 is 0. The van der Waals surface area contributed by atoms with Gasteiger partial charge in [-0.2, -0.15) is 0 Å². The van der Waals surface area contributed by atoms with Gasteiger partial charge in [0.1, 0.15) is 0 Å². The van der Waals surface area contributed by atoms with Crippen LogP contribution in [-0.2, 0) is 6.42 Å². The van der Waals surface area contributed by atoms with E-state index in [1.54, 1.807) is 0 Å². The van der Waals surface area contributed by atoms with Gasteiger partial charge in [0.15, 0.2) is 0 Å². The van der Waals surface area contributed by atoms with Crippen molar-refractivity contribution in [2.45, 2.75) is 18.8 Å². The van der Waals surface area contributed by atoms with Crippen molar-refractivity contribution in [1.82, 2.24) is 0 Å². The molecule has 1 unspecified atom stereocenters. The van der Waals surface area contributed by atoms with Gasteiger partial charge in [0.2, 0.25) is 0 Å². The molecule has 10 aromatic rings. The molecule has 3 aliphatic rings. The van der Waals surface area contributed by atoms with Gasteiger partial charge in [-0.25, -0.2) is 0 Å². The number of nitrogens with zero attached hydrogens (tertiary/aromatic N) is 2. The van der Waals surface area contributed by atoms with Gasteiger partial charge in [-0.15, -0.1) is 0 Å². The zero-order chi connectivity index (χ0) is 42.1. The van der Waals surface area contributed by atoms with Crippen molar-refractivity contribution in [2.24, 2.45) is 4.99 Å². The largest absolute Gasteiger partial charge is 0.310 e. The van der Waals surface area contributed by atoms with Gasteiger partial charge in [-0.3, -0.25) is 4.99 Å². The van der Waals surface area contributed by atoms with E-state index >= 15 is 0 Å². The fourth-order valence-electron chi connectivity index (χ4n) is 10.9. The molecule has 2 heterocycles. The Morgan fingerprint density at radius 2 is 0.953 bits per heavy atom. The van der Waals surface area contributed by atoms with Crippen LogP contribution in [0.3, 0.4) is 0 Å². The maximum atomic E-state index is 5.29. The Morgan fingerprint density at radius 3 is 1.66 bits per heavy atom. The van der Waals surface area contributed by atoms with Crippen molar-refractivity contribution in [1.29, 1.82) is 0 Å². The first-order valence-corrected chi connectivity index (χ1v) is 22.4. The van der Waals surface area contributed by atoms with Gasteiger partial charge in [-0.05, 0) is 125 Å². The molecular formula is C62H42N2. The number of benzene rings is 10. The normalized spacial score (nSPS) is 14.8. The second-order valence-electron chi connectivity index (χ2n) is 17.3. The molecule has 2 heteroatoms. The van der Waals surface area contributed by atoms with Crippen molar-refractivity contribution < 1.29 is 0 Å². The van der Waals surface area contributed by atoms with Crippen LogP contribution in [0.4, 0.5) is 17.1 Å². The minimum absolute atomic E-state index is 0.300. The topological polar surface area (TPSA) is 15.6 Å². The van der Waals surface area contributed by atoms with E-state index in [0.717, 1.165) is 18.5 Å². The number of hydrogen-bond donors (Lipinski definition) is 0. The summed E-state index contributed by atoms with van der Waals surface area (Å²) in [5.74, 6) is 0.300. The highest BCUT2D eigenvalue weighted by Crippen LogP contribution is 2.49. The van der Waals surface area contributed by atoms with Crippen LogP contribution in [0.25, 0.3) is 71.7 Å². The van der Waals surface area contributed by atoms with E-state index in [4.69, 9.17) is 4.99 Å². The lowest BCUT2D eigenvalue weighted by atomic mass is 9.83. The van der Waals surface area contributed by atoms with E-state index in [1.807, 2.05) is 0 Å². The predicted molar refractivity (Wildman–Crippen MR) is 269 cm³/mol. The van der Waals surface area contributed by atoms with Crippen LogP contribution >= 0.6 is 0 Å². The third-order valence-corrected chi connectivity index (χ3v) is 13.8. The first kappa shape index (κ1) is 36.6. The van der Waals surface area contributed by atoms with Crippen LogP contribution in [-0.4, -0.2) is 5.71 Å². The molecule has 1 atom stereocenters. The van der Waals surface area contributed by atoms with Gasteiger partial charge in [-0.1, -0.05) is 194 Å². The highest BCUT2D eigenvalue weighted by atomic mass is 15.2. The fraction of sp³-hybridized carbons (Fsp3) is 0.0484. The average molecular weight is 815 g/mol. The maximum Gasteiger partial charge on any atom is 0.0671 e. The minimum atomic E-state index is 0.300. The lowest BCUT2D eigenvalue weighted by Gasteiger charge is -2.33. The molecular weight excluding hydrogens is 773 g/mol. The summed E-state index contributed by atoms with van der Waals surface area (Å²) in [4.78, 5) is 7.69. The number of allylic oxidation sites excluding steroid dienone is 1. The molecule has 0 aromatic heterocycles. The summed E-state index contributed by atoms with van der Waals surface area (Å²) in [6.07, 6.45) is 4.19. The van der Waals surface area contributed by atoms with Crippen LogP contribution in [0, 0.1) is 0 Å². The monoisotopic (exact) mass is 814 g/mol. The maximum absolute atomic E-state index is 5.29. The van der Waals surface area contributed by atoms with E-state index in [2.05, 4.69) is 229 Å². The van der Waals surface area contributed by atoms with Crippen LogP contribution in [0.1, 0.15) is 40.2 Å². The third-order valence-electron chi connectivity index (χ3n) is 13.8. The van der Waals surface area contributed by atoms with E-state index in [-0.39, 0.29) is 0 Å². The van der Waals surface area contributed by atoms with Crippen LogP contribution in [0.5, 0.6) is 0 Å². The minimum Gasteiger partial charge on any atom is -0.310 e. The standard InChI is InChI=1S/C62H42N2/c1-2-15-46(16-3-1)64-59-25-13-4-14-41(59)35-37-60(64)42-28-32-44(33-29-42)62-53-22-9-7-20-51(53)61(52-21-8-10-23-54(52)62)43-30-26-40(27-31-43)45-34-36-49-47-17-5-6-18-48(47)55-39-58(56(49)38-45)63-57-24-12-11-19-50(55)57/h1-34,36-38,55H,35,39H2. The molecule has 13 rings (SSSR count). The van der Waals surface area contributed by atoms with Crippen molar-refractivity contribution in [2.75, 3.05) is 4.90 Å². The molecule has 0 saturated carbocycles. The Morgan fingerprint density at radius 1 is 0.406 bits per heavy atom. The van der Waals surface area contributed by atoms with Gasteiger partial charge < -0.3 is 4.90 Å². The number of para-hydroxylation sites is 3. The average Bonchev–Trinajstić information content (AvgIpc) is 3.47. The molecule has 0 spiro atoms. The summed E-state index contributed by atoms with van der Waals surface area (Å²) in [7, 11) is 0. The number of hydrogen-bond acceptors (Lipinski definition) is 2. The Balaban J connectivity index is 0.886. The molecule has 64 heavy (non-hydrogen) atoms. The number of fused-ring (bicyclic) bond motifs is 12. The Labute approximate surface area is 373 Å². The fourth-order valence-corrected chi connectivity index (χ4v) is 10.9. The second-order valence-corrected chi connectivity index (χ2v) is 17.3. The van der Waals surface area contributed by atoms with Gasteiger partial charge in [0.25, 0.3) is 0 Å². The van der Waals surface area contributed by atoms with Crippen molar-refractivity contribution in [3.8, 4) is 44.5 Å². The first-order valence-electron chi connectivity index (χ1n) is 22.4. The number of anilines is 2. The second kappa shape index (κ2) is 14.8. The Kier molecular flexibility index (Phi) is 8.45. The Hall–Kier alpha value is -8.07. The first-order chi connectivity index (χ1) is 31.7. The smallest absolute Gasteiger partial charge is 0.0671 e. The highest BCUT2D eigenvalue weighted by molar-refractivity contribution is 6.21. The summed E-state index contributed by atoms with van der Waals surface area (Å²) in [5, 5.41) is 5.01. The summed E-state index contributed by atoms with van der Waals surface area (Å²) in [5.41, 5.74) is 22.3. The molecule has 0 saturated heterocycles. The SMILES string of the molecule is C1=C(c2ccc(-c3c4ccccc4c(-c4ccc(-c5ccc6c(c5)C5=Nc7ccccc7C(C5)c5ccccc5-6)cc4)c4ccccc34)cc2)N(c2ccccc2)c2ccccc2C1. The molecule has 10 aromatic carbocycles. The molecule has 2 aliphatic heterocycles. The van der Waals surface area contributed by atoms with Crippen molar-refractivity contribution in [3.63, 3.8) is 0 Å². The van der Waals surface area contributed by atoms with E-state index in [1.165, 1.54) is 117 Å². The summed E-state index contributed by atoms with van der Waals surface area (Å²) in [6, 6.07) is 80.5. The van der Waals surface area contributed by atoms with E-state index < -0.39 is 0 Å². The molecule has 0 radical (unpaired) electrons. The molecule has 0 fully saturated rings. The molecule has 1 aliphatic carbocycles. The molecule has 2 nitrogen and oxygen atoms in total. The van der Waals surface area contributed by atoms with Crippen LogP contribution in [0.15, 0.2) is 229 Å². The van der Waals surface area contributed by atoms with E-state index in [9.17, 15) is 0 Å². The van der Waals surface area contributed by atoms with Gasteiger partial charge >= 0.3 is 0 Å². The molecule has 300 valence electrons. The zero-order valence-electron chi connectivity index (χ0n) is 35.2. The highest BCUT2D eigenvalue weighted by Gasteiger charge is 2.32. The van der Waals surface area contributed by atoms with Crippen LogP contribution < -0.4 is 4.90 Å². The van der Waals surface area contributed by atoms with Crippen LogP contribution in [0.2, 0.25) is 0 Å². The van der Waals surface area contributed by atoms with Gasteiger partial charge in [0, 0.05) is 40.7 Å². The van der Waals surface area contributed by atoms with Crippen molar-refractivity contribution in [3.05, 3.63) is 252 Å². The van der Waals surface area contributed by atoms with Crippen molar-refractivity contribution >= 4 is 50.0 Å². The summed E-state index contributed by atoms with van der Waals surface area (Å²) in [6.45, 7) is 0. The number of aliphatic imine (C=N–C) groups is 1. The predicted octanol–water partition coefficient (Wildman–Crippen LogP) is 16.4. The number of rotatable bonds is 5. The third kappa shape index (κ3) is 5.83.